The molecule has 1 fully saturated rings. The van der Waals surface area contributed by atoms with Crippen LogP contribution in [0.2, 0.25) is 0 Å². The number of carbonyl (C=O) groups excluding carboxylic acids is 1. The molecule has 1 amide bonds. The van der Waals surface area contributed by atoms with Crippen LogP contribution in [0.1, 0.15) is 26.7 Å². The summed E-state index contributed by atoms with van der Waals surface area (Å²) < 4.78 is 0. The smallest absolute Gasteiger partial charge is 0.223 e. The topological polar surface area (TPSA) is 49.3 Å². The van der Waals surface area contributed by atoms with Gasteiger partial charge in [0.15, 0.2) is 0 Å². The Morgan fingerprint density at radius 1 is 1.50 bits per heavy atom. The molecule has 14 heavy (non-hydrogen) atoms. The highest BCUT2D eigenvalue weighted by Crippen LogP contribution is 2.23. The molecule has 4 heteroatoms. The number of hydrogen-bond acceptors (Lipinski definition) is 3. The molecule has 1 aliphatic rings. The van der Waals surface area contributed by atoms with E-state index in [1.807, 2.05) is 25.6 Å². The van der Waals surface area contributed by atoms with E-state index in [1.165, 1.54) is 0 Å². The monoisotopic (exact) mass is 217 g/mol. The molecular weight excluding hydrogens is 198 g/mol. The molecule has 0 aromatic heterocycles. The van der Waals surface area contributed by atoms with Gasteiger partial charge in [0.1, 0.15) is 0 Å². The molecule has 0 aliphatic carbocycles. The maximum absolute atomic E-state index is 11.7. The number of thioether (sulfide) groups is 1. The number of rotatable bonds is 3. The molecule has 0 atom stereocenters. The molecule has 0 aromatic rings. The Labute approximate surface area is 89.6 Å². The van der Waals surface area contributed by atoms with E-state index < -0.39 is 5.54 Å². The Hall–Kier alpha value is -0.220. The number of carbonyl (C=O) groups is 1. The van der Waals surface area contributed by atoms with Crippen molar-refractivity contribution < 1.29 is 9.90 Å². The largest absolute Gasteiger partial charge is 0.394 e. The second-order valence-electron chi connectivity index (χ2n) is 4.42. The van der Waals surface area contributed by atoms with E-state index in [0.29, 0.717) is 0 Å². The fourth-order valence-electron chi connectivity index (χ4n) is 1.43. The second kappa shape index (κ2) is 5.03. The number of aliphatic hydroxyl groups is 1. The molecule has 1 aliphatic heterocycles. The molecular formula is C10H19NO2S. The highest BCUT2D eigenvalue weighted by atomic mass is 32.2. The van der Waals surface area contributed by atoms with Gasteiger partial charge >= 0.3 is 0 Å². The molecule has 82 valence electrons. The highest BCUT2D eigenvalue weighted by Gasteiger charge is 2.26. The van der Waals surface area contributed by atoms with E-state index in [4.69, 9.17) is 5.11 Å². The normalized spacial score (nSPS) is 19.4. The van der Waals surface area contributed by atoms with Crippen molar-refractivity contribution in [3.63, 3.8) is 0 Å². The molecule has 0 radical (unpaired) electrons. The minimum Gasteiger partial charge on any atom is -0.394 e. The third-order valence-electron chi connectivity index (χ3n) is 2.45. The maximum Gasteiger partial charge on any atom is 0.223 e. The standard InChI is InChI=1S/C10H19NO2S/c1-10(2,7-12)11-9(13)8-3-5-14-6-4-8/h8,12H,3-7H2,1-2H3,(H,11,13). The number of hydrogen-bond donors (Lipinski definition) is 2. The van der Waals surface area contributed by atoms with Crippen molar-refractivity contribution in [3.8, 4) is 0 Å². The zero-order valence-corrected chi connectivity index (χ0v) is 9.69. The van der Waals surface area contributed by atoms with Crippen molar-refractivity contribution in [3.05, 3.63) is 0 Å². The van der Waals surface area contributed by atoms with Crippen LogP contribution in [0.25, 0.3) is 0 Å². The van der Waals surface area contributed by atoms with Crippen LogP contribution >= 0.6 is 11.8 Å². The van der Waals surface area contributed by atoms with Gasteiger partial charge in [-0.05, 0) is 38.2 Å². The summed E-state index contributed by atoms with van der Waals surface area (Å²) in [6.45, 7) is 3.66. The maximum atomic E-state index is 11.7. The van der Waals surface area contributed by atoms with Gasteiger partial charge in [0.2, 0.25) is 5.91 Å². The second-order valence-corrected chi connectivity index (χ2v) is 5.64. The molecule has 0 unspecified atom stereocenters. The average Bonchev–Trinajstić information content (AvgIpc) is 2.19. The lowest BCUT2D eigenvalue weighted by Gasteiger charge is -2.28. The van der Waals surface area contributed by atoms with Crippen molar-refractivity contribution in [1.29, 1.82) is 0 Å². The van der Waals surface area contributed by atoms with Gasteiger partial charge in [-0.3, -0.25) is 4.79 Å². The van der Waals surface area contributed by atoms with Crippen molar-refractivity contribution >= 4 is 17.7 Å². The SMILES string of the molecule is CC(C)(CO)NC(=O)C1CCSCC1. The van der Waals surface area contributed by atoms with E-state index in [2.05, 4.69) is 5.32 Å². The predicted octanol–water partition coefficient (Wildman–Crippen LogP) is 1.02. The first-order valence-corrected chi connectivity index (χ1v) is 6.21. The molecule has 0 aromatic carbocycles. The summed E-state index contributed by atoms with van der Waals surface area (Å²) in [6.07, 6.45) is 1.94. The minimum atomic E-state index is -0.484. The fourth-order valence-corrected chi connectivity index (χ4v) is 2.54. The Balaban J connectivity index is 2.40. The van der Waals surface area contributed by atoms with Crippen molar-refractivity contribution in [2.45, 2.75) is 32.2 Å². The Bertz CT molecular complexity index is 200. The van der Waals surface area contributed by atoms with E-state index >= 15 is 0 Å². The fraction of sp³-hybridized carbons (Fsp3) is 0.900. The van der Waals surface area contributed by atoms with E-state index in [1.54, 1.807) is 0 Å². The molecule has 1 saturated heterocycles. The Kier molecular flexibility index (Phi) is 4.26. The predicted molar refractivity (Wildman–Crippen MR) is 59.4 cm³/mol. The highest BCUT2D eigenvalue weighted by molar-refractivity contribution is 7.99. The summed E-state index contributed by atoms with van der Waals surface area (Å²) in [4.78, 5) is 11.7. The van der Waals surface area contributed by atoms with Crippen LogP contribution in [0.15, 0.2) is 0 Å². The number of aliphatic hydroxyl groups excluding tert-OH is 1. The van der Waals surface area contributed by atoms with Crippen molar-refractivity contribution in [2.75, 3.05) is 18.1 Å². The van der Waals surface area contributed by atoms with Crippen molar-refractivity contribution in [2.24, 2.45) is 5.92 Å². The molecule has 0 spiro atoms. The van der Waals surface area contributed by atoms with Crippen LogP contribution in [0.3, 0.4) is 0 Å². The summed E-state index contributed by atoms with van der Waals surface area (Å²) in [7, 11) is 0. The van der Waals surface area contributed by atoms with Gasteiger partial charge in [0.05, 0.1) is 12.1 Å². The molecule has 1 rings (SSSR count). The van der Waals surface area contributed by atoms with Gasteiger partial charge < -0.3 is 10.4 Å². The van der Waals surface area contributed by atoms with Gasteiger partial charge in [-0.2, -0.15) is 11.8 Å². The summed E-state index contributed by atoms with van der Waals surface area (Å²) in [5.41, 5.74) is -0.484. The number of amides is 1. The molecule has 2 N–H and O–H groups in total. The van der Waals surface area contributed by atoms with Crippen LogP contribution in [0.5, 0.6) is 0 Å². The lowest BCUT2D eigenvalue weighted by molar-refractivity contribution is -0.127. The Morgan fingerprint density at radius 3 is 2.57 bits per heavy atom. The quantitative estimate of drug-likeness (QED) is 0.742. The van der Waals surface area contributed by atoms with Gasteiger partial charge in [-0.25, -0.2) is 0 Å². The van der Waals surface area contributed by atoms with Crippen LogP contribution in [-0.2, 0) is 4.79 Å². The summed E-state index contributed by atoms with van der Waals surface area (Å²) in [6, 6.07) is 0. The lowest BCUT2D eigenvalue weighted by Crippen LogP contribution is -2.49. The summed E-state index contributed by atoms with van der Waals surface area (Å²) in [5, 5.41) is 11.9. The first-order chi connectivity index (χ1) is 6.55. The molecule has 1 heterocycles. The van der Waals surface area contributed by atoms with Gasteiger partial charge in [0, 0.05) is 5.92 Å². The van der Waals surface area contributed by atoms with Crippen LogP contribution in [0.4, 0.5) is 0 Å². The third-order valence-corrected chi connectivity index (χ3v) is 3.50. The molecule has 3 nitrogen and oxygen atoms in total. The minimum absolute atomic E-state index is 0.0137. The zero-order valence-electron chi connectivity index (χ0n) is 8.88. The lowest BCUT2D eigenvalue weighted by atomic mass is 9.99. The van der Waals surface area contributed by atoms with Crippen LogP contribution < -0.4 is 5.32 Å². The van der Waals surface area contributed by atoms with Gasteiger partial charge in [-0.15, -0.1) is 0 Å². The third kappa shape index (κ3) is 3.50. The van der Waals surface area contributed by atoms with Crippen molar-refractivity contribution in [1.82, 2.24) is 5.32 Å². The average molecular weight is 217 g/mol. The van der Waals surface area contributed by atoms with Gasteiger partial charge in [-0.1, -0.05) is 0 Å². The first kappa shape index (κ1) is 11.9. The summed E-state index contributed by atoms with van der Waals surface area (Å²) >= 11 is 1.91. The van der Waals surface area contributed by atoms with E-state index in [9.17, 15) is 4.79 Å². The number of nitrogens with one attached hydrogen (secondary N) is 1. The zero-order chi connectivity index (χ0) is 10.6. The summed E-state index contributed by atoms with van der Waals surface area (Å²) in [5.74, 6) is 2.42. The Morgan fingerprint density at radius 2 is 2.07 bits per heavy atom. The van der Waals surface area contributed by atoms with E-state index in [-0.39, 0.29) is 18.4 Å². The van der Waals surface area contributed by atoms with Crippen LogP contribution in [0, 0.1) is 5.92 Å². The van der Waals surface area contributed by atoms with Gasteiger partial charge in [0.25, 0.3) is 0 Å². The first-order valence-electron chi connectivity index (χ1n) is 5.06. The van der Waals surface area contributed by atoms with E-state index in [0.717, 1.165) is 24.3 Å². The molecule has 0 bridgehead atoms. The van der Waals surface area contributed by atoms with Crippen LogP contribution in [-0.4, -0.2) is 34.7 Å². The molecule has 0 saturated carbocycles.